The van der Waals surface area contributed by atoms with Crippen molar-refractivity contribution in [2.24, 2.45) is 11.8 Å². The number of rotatable bonds is 1. The van der Waals surface area contributed by atoms with Crippen molar-refractivity contribution < 1.29 is 8.42 Å². The second-order valence-corrected chi connectivity index (χ2v) is 6.05. The van der Waals surface area contributed by atoms with Crippen molar-refractivity contribution in [2.45, 2.75) is 20.3 Å². The highest BCUT2D eigenvalue weighted by molar-refractivity contribution is 8.11. The maximum Gasteiger partial charge on any atom is 0.299 e. The Labute approximate surface area is 78.3 Å². The van der Waals surface area contributed by atoms with Gasteiger partial charge < -0.3 is 0 Å². The fourth-order valence-corrected chi connectivity index (χ4v) is 2.54. The summed E-state index contributed by atoms with van der Waals surface area (Å²) in [6.07, 6.45) is 0.910. The molecule has 1 aliphatic heterocycles. The van der Waals surface area contributed by atoms with E-state index in [0.717, 1.165) is 6.42 Å². The van der Waals surface area contributed by atoms with Gasteiger partial charge in [-0.3, -0.25) is 0 Å². The highest BCUT2D eigenvalue weighted by atomic mass is 35.7. The van der Waals surface area contributed by atoms with Crippen LogP contribution in [0.4, 0.5) is 0 Å². The first-order valence-electron chi connectivity index (χ1n) is 4.11. The minimum Gasteiger partial charge on any atom is -0.195 e. The van der Waals surface area contributed by atoms with Gasteiger partial charge in [-0.15, -0.1) is 0 Å². The van der Waals surface area contributed by atoms with E-state index < -0.39 is 9.24 Å². The number of nitrogens with zero attached hydrogens (tertiary/aromatic N) is 1. The van der Waals surface area contributed by atoms with E-state index in [0.29, 0.717) is 24.9 Å². The second-order valence-electron chi connectivity index (χ2n) is 3.54. The minimum absolute atomic E-state index is 0.410. The third-order valence-electron chi connectivity index (χ3n) is 2.61. The largest absolute Gasteiger partial charge is 0.299 e. The normalized spacial score (nSPS) is 33.6. The fourth-order valence-electron chi connectivity index (χ4n) is 1.42. The first-order chi connectivity index (χ1) is 5.41. The molecular weight excluding hydrogens is 198 g/mol. The molecule has 0 aromatic carbocycles. The van der Waals surface area contributed by atoms with Gasteiger partial charge in [0.1, 0.15) is 0 Å². The Bertz CT molecular complexity index is 252. The molecule has 1 rings (SSSR count). The van der Waals surface area contributed by atoms with E-state index in [1.807, 2.05) is 0 Å². The number of hydrogen-bond acceptors (Lipinski definition) is 2. The van der Waals surface area contributed by atoms with Crippen molar-refractivity contribution in [3.8, 4) is 0 Å². The molecule has 0 bridgehead atoms. The molecule has 5 heteroatoms. The van der Waals surface area contributed by atoms with Crippen molar-refractivity contribution in [1.82, 2.24) is 4.31 Å². The molecular formula is C7H14ClNO2S. The van der Waals surface area contributed by atoms with Crippen LogP contribution in [-0.4, -0.2) is 25.8 Å². The van der Waals surface area contributed by atoms with Gasteiger partial charge in [-0.2, -0.15) is 12.7 Å². The molecule has 0 N–H and O–H groups in total. The quantitative estimate of drug-likeness (QED) is 0.616. The van der Waals surface area contributed by atoms with Crippen LogP contribution in [0.25, 0.3) is 0 Å². The molecule has 0 spiro atoms. The Morgan fingerprint density at radius 1 is 1.33 bits per heavy atom. The van der Waals surface area contributed by atoms with Crippen molar-refractivity contribution in [1.29, 1.82) is 0 Å². The van der Waals surface area contributed by atoms with Gasteiger partial charge in [0.05, 0.1) is 0 Å². The van der Waals surface area contributed by atoms with Gasteiger partial charge in [-0.1, -0.05) is 13.8 Å². The van der Waals surface area contributed by atoms with Gasteiger partial charge in [-0.05, 0) is 18.3 Å². The van der Waals surface area contributed by atoms with E-state index in [1.165, 1.54) is 4.31 Å². The molecule has 2 atom stereocenters. The molecule has 0 aliphatic carbocycles. The van der Waals surface area contributed by atoms with Crippen LogP contribution < -0.4 is 0 Å². The Balaban J connectivity index is 2.64. The van der Waals surface area contributed by atoms with Gasteiger partial charge >= 0.3 is 0 Å². The topological polar surface area (TPSA) is 37.4 Å². The molecule has 3 nitrogen and oxygen atoms in total. The van der Waals surface area contributed by atoms with E-state index in [1.54, 1.807) is 0 Å². The standard InChI is InChI=1S/C7H14ClNO2S/c1-6-3-4-9(5-7(6)2)12(8,10)11/h6-7H,3-5H2,1-2H3. The zero-order valence-corrected chi connectivity index (χ0v) is 8.90. The summed E-state index contributed by atoms with van der Waals surface area (Å²) in [4.78, 5) is 0. The molecule has 0 aromatic heterocycles. The monoisotopic (exact) mass is 211 g/mol. The van der Waals surface area contributed by atoms with Gasteiger partial charge in [0.2, 0.25) is 0 Å². The lowest BCUT2D eigenvalue weighted by Gasteiger charge is -2.32. The third kappa shape index (κ3) is 2.34. The van der Waals surface area contributed by atoms with Crippen molar-refractivity contribution in [2.75, 3.05) is 13.1 Å². The first-order valence-corrected chi connectivity index (χ1v) is 6.37. The van der Waals surface area contributed by atoms with Crippen LogP contribution in [0.5, 0.6) is 0 Å². The lowest BCUT2D eigenvalue weighted by atomic mass is 9.90. The molecule has 1 aliphatic rings. The number of hydrogen-bond donors (Lipinski definition) is 0. The average molecular weight is 212 g/mol. The maximum atomic E-state index is 10.9. The highest BCUT2D eigenvalue weighted by Crippen LogP contribution is 2.25. The lowest BCUT2D eigenvalue weighted by Crippen LogP contribution is -2.40. The van der Waals surface area contributed by atoms with E-state index in [2.05, 4.69) is 13.8 Å². The summed E-state index contributed by atoms with van der Waals surface area (Å²) >= 11 is 0. The van der Waals surface area contributed by atoms with E-state index in [4.69, 9.17) is 10.7 Å². The van der Waals surface area contributed by atoms with Crippen molar-refractivity contribution in [3.05, 3.63) is 0 Å². The maximum absolute atomic E-state index is 10.9. The van der Waals surface area contributed by atoms with Gasteiger partial charge in [0, 0.05) is 23.8 Å². The van der Waals surface area contributed by atoms with E-state index in [9.17, 15) is 8.42 Å². The van der Waals surface area contributed by atoms with Crippen LogP contribution in [0.3, 0.4) is 0 Å². The minimum atomic E-state index is -3.48. The SMILES string of the molecule is CC1CCN(S(=O)(=O)Cl)CC1C. The molecule has 0 radical (unpaired) electrons. The predicted octanol–water partition coefficient (Wildman–Crippen LogP) is 1.45. The van der Waals surface area contributed by atoms with E-state index in [-0.39, 0.29) is 0 Å². The fraction of sp³-hybridized carbons (Fsp3) is 1.00. The smallest absolute Gasteiger partial charge is 0.195 e. The zero-order valence-electron chi connectivity index (χ0n) is 7.33. The highest BCUT2D eigenvalue weighted by Gasteiger charge is 2.28. The molecule has 72 valence electrons. The van der Waals surface area contributed by atoms with Crippen LogP contribution in [0.1, 0.15) is 20.3 Å². The summed E-state index contributed by atoms with van der Waals surface area (Å²) in [6.45, 7) is 5.33. The lowest BCUT2D eigenvalue weighted by molar-refractivity contribution is 0.215. The summed E-state index contributed by atoms with van der Waals surface area (Å²) in [6, 6.07) is 0. The van der Waals surface area contributed by atoms with Gasteiger partial charge in [0.25, 0.3) is 9.24 Å². The van der Waals surface area contributed by atoms with Crippen molar-refractivity contribution in [3.63, 3.8) is 0 Å². The first kappa shape index (κ1) is 10.3. The van der Waals surface area contributed by atoms with Crippen LogP contribution in [0.15, 0.2) is 0 Å². The summed E-state index contributed by atoms with van der Waals surface area (Å²) in [5, 5.41) is 0. The molecule has 0 aromatic rings. The average Bonchev–Trinajstić information content (AvgIpc) is 1.92. The molecule has 1 heterocycles. The van der Waals surface area contributed by atoms with Crippen LogP contribution >= 0.6 is 10.7 Å². The molecule has 12 heavy (non-hydrogen) atoms. The van der Waals surface area contributed by atoms with Crippen LogP contribution in [0, 0.1) is 11.8 Å². The Kier molecular flexibility index (Phi) is 3.01. The Morgan fingerprint density at radius 3 is 2.33 bits per heavy atom. The molecule has 0 amide bonds. The molecule has 0 saturated carbocycles. The van der Waals surface area contributed by atoms with E-state index >= 15 is 0 Å². The van der Waals surface area contributed by atoms with Crippen LogP contribution in [0.2, 0.25) is 0 Å². The number of halogens is 1. The van der Waals surface area contributed by atoms with Crippen LogP contribution in [-0.2, 0) is 9.24 Å². The Hall–Kier alpha value is 0.200. The second kappa shape index (κ2) is 3.52. The predicted molar refractivity (Wildman–Crippen MR) is 49.3 cm³/mol. The Morgan fingerprint density at radius 2 is 1.92 bits per heavy atom. The summed E-state index contributed by atoms with van der Waals surface area (Å²) < 4.78 is 23.2. The van der Waals surface area contributed by atoms with Gasteiger partial charge in [0.15, 0.2) is 0 Å². The van der Waals surface area contributed by atoms with Crippen molar-refractivity contribution >= 4 is 19.9 Å². The summed E-state index contributed by atoms with van der Waals surface area (Å²) in [7, 11) is 1.75. The summed E-state index contributed by atoms with van der Waals surface area (Å²) in [5.41, 5.74) is 0. The zero-order chi connectivity index (χ0) is 9.35. The molecule has 1 fully saturated rings. The van der Waals surface area contributed by atoms with Gasteiger partial charge in [-0.25, -0.2) is 0 Å². The molecule has 2 unspecified atom stereocenters. The molecule has 1 saturated heterocycles. The summed E-state index contributed by atoms with van der Waals surface area (Å²) in [5.74, 6) is 1.01. The third-order valence-corrected chi connectivity index (χ3v) is 4.14. The number of piperidine rings is 1.